The summed E-state index contributed by atoms with van der Waals surface area (Å²) in [5.41, 5.74) is 1.31. The number of benzene rings is 1. The monoisotopic (exact) mass is 284 g/mol. The third-order valence-corrected chi connectivity index (χ3v) is 3.85. The van der Waals surface area contributed by atoms with E-state index < -0.39 is 0 Å². The van der Waals surface area contributed by atoms with E-state index in [4.69, 9.17) is 4.74 Å². The van der Waals surface area contributed by atoms with Gasteiger partial charge >= 0.3 is 0 Å². The highest BCUT2D eigenvalue weighted by Crippen LogP contribution is 2.34. The molecule has 0 amide bonds. The van der Waals surface area contributed by atoms with Gasteiger partial charge in [0.05, 0.1) is 0 Å². The average molecular weight is 285 g/mol. The molecule has 1 aliphatic rings. The molecule has 0 spiro atoms. The van der Waals surface area contributed by atoms with Crippen molar-refractivity contribution in [2.24, 2.45) is 5.41 Å². The molecular formula is C13H17BrO2. The first-order chi connectivity index (χ1) is 7.74. The highest BCUT2D eigenvalue weighted by atomic mass is 79.9. The third-order valence-electron chi connectivity index (χ3n) is 3.36. The number of ether oxygens (including phenoxy) is 1. The van der Waals surface area contributed by atoms with Crippen LogP contribution in [0.25, 0.3) is 0 Å². The van der Waals surface area contributed by atoms with Crippen LogP contribution in [-0.4, -0.2) is 24.9 Å². The summed E-state index contributed by atoms with van der Waals surface area (Å²) in [6.07, 6.45) is 2.85. The number of rotatable bonds is 3. The molecule has 0 atom stereocenters. The lowest BCUT2D eigenvalue weighted by atomic mass is 9.76. The van der Waals surface area contributed by atoms with Crippen LogP contribution in [-0.2, 0) is 11.2 Å². The summed E-state index contributed by atoms with van der Waals surface area (Å²) in [6.45, 7) is 1.80. The van der Waals surface area contributed by atoms with E-state index >= 15 is 0 Å². The Hall–Kier alpha value is -0.380. The predicted octanol–water partition coefficient (Wildman–Crippen LogP) is 2.78. The van der Waals surface area contributed by atoms with Gasteiger partial charge in [-0.15, -0.1) is 0 Å². The van der Waals surface area contributed by atoms with Crippen LogP contribution >= 0.6 is 15.9 Å². The highest BCUT2D eigenvalue weighted by Gasteiger charge is 2.32. The Bertz CT molecular complexity index is 346. The second kappa shape index (κ2) is 5.30. The van der Waals surface area contributed by atoms with E-state index in [1.807, 2.05) is 12.1 Å². The summed E-state index contributed by atoms with van der Waals surface area (Å²) in [7, 11) is 0. The first kappa shape index (κ1) is 12.1. The molecule has 1 aromatic rings. The molecule has 1 heterocycles. The van der Waals surface area contributed by atoms with Crippen molar-refractivity contribution in [1.82, 2.24) is 0 Å². The number of halogens is 1. The van der Waals surface area contributed by atoms with Gasteiger partial charge in [-0.2, -0.15) is 0 Å². The molecule has 0 unspecified atom stereocenters. The Morgan fingerprint density at radius 3 is 2.69 bits per heavy atom. The quantitative estimate of drug-likeness (QED) is 0.925. The van der Waals surface area contributed by atoms with Crippen molar-refractivity contribution in [1.29, 1.82) is 0 Å². The van der Waals surface area contributed by atoms with Crippen molar-refractivity contribution in [3.63, 3.8) is 0 Å². The van der Waals surface area contributed by atoms with Crippen LogP contribution in [0.5, 0.6) is 0 Å². The maximum absolute atomic E-state index is 9.60. The fourth-order valence-electron chi connectivity index (χ4n) is 2.28. The smallest absolute Gasteiger partial charge is 0.0492 e. The van der Waals surface area contributed by atoms with Gasteiger partial charge in [-0.1, -0.05) is 28.1 Å². The number of aliphatic hydroxyl groups excluding tert-OH is 1. The molecule has 0 bridgehead atoms. The summed E-state index contributed by atoms with van der Waals surface area (Å²) in [4.78, 5) is 0. The van der Waals surface area contributed by atoms with Crippen LogP contribution in [0.3, 0.4) is 0 Å². The van der Waals surface area contributed by atoms with Crippen molar-refractivity contribution >= 4 is 15.9 Å². The summed E-state index contributed by atoms with van der Waals surface area (Å²) in [5, 5.41) is 9.60. The molecule has 1 aliphatic heterocycles. The van der Waals surface area contributed by atoms with Crippen molar-refractivity contribution in [2.45, 2.75) is 19.3 Å². The van der Waals surface area contributed by atoms with E-state index in [1.54, 1.807) is 0 Å². The van der Waals surface area contributed by atoms with Crippen LogP contribution in [0.4, 0.5) is 0 Å². The first-order valence-electron chi connectivity index (χ1n) is 5.67. The second-order valence-electron chi connectivity index (χ2n) is 4.58. The molecule has 0 radical (unpaired) electrons. The molecule has 0 saturated carbocycles. The van der Waals surface area contributed by atoms with Gasteiger partial charge in [0.15, 0.2) is 0 Å². The van der Waals surface area contributed by atoms with Crippen molar-refractivity contribution < 1.29 is 9.84 Å². The van der Waals surface area contributed by atoms with Gasteiger partial charge in [0.2, 0.25) is 0 Å². The van der Waals surface area contributed by atoms with Crippen molar-refractivity contribution in [3.8, 4) is 0 Å². The van der Waals surface area contributed by atoms with E-state index in [0.29, 0.717) is 0 Å². The van der Waals surface area contributed by atoms with Gasteiger partial charge in [0.1, 0.15) is 0 Å². The maximum Gasteiger partial charge on any atom is 0.0492 e. The molecule has 16 heavy (non-hydrogen) atoms. The molecule has 0 aromatic heterocycles. The summed E-state index contributed by atoms with van der Waals surface area (Å²) in [5.74, 6) is 0. The zero-order valence-electron chi connectivity index (χ0n) is 9.29. The largest absolute Gasteiger partial charge is 0.396 e. The van der Waals surface area contributed by atoms with E-state index in [0.717, 1.165) is 36.9 Å². The second-order valence-corrected chi connectivity index (χ2v) is 5.49. The minimum absolute atomic E-state index is 0.0268. The van der Waals surface area contributed by atoms with Gasteiger partial charge in [-0.05, 0) is 37.0 Å². The molecule has 1 fully saturated rings. The number of hydrogen-bond acceptors (Lipinski definition) is 2. The minimum Gasteiger partial charge on any atom is -0.396 e. The zero-order valence-corrected chi connectivity index (χ0v) is 10.9. The molecule has 0 aliphatic carbocycles. The van der Waals surface area contributed by atoms with Gasteiger partial charge < -0.3 is 9.84 Å². The van der Waals surface area contributed by atoms with Gasteiger partial charge in [0.25, 0.3) is 0 Å². The predicted molar refractivity (Wildman–Crippen MR) is 67.4 cm³/mol. The van der Waals surface area contributed by atoms with E-state index in [-0.39, 0.29) is 12.0 Å². The average Bonchev–Trinajstić information content (AvgIpc) is 2.30. The Labute approximate surface area is 105 Å². The normalized spacial score (nSPS) is 19.6. The van der Waals surface area contributed by atoms with Crippen molar-refractivity contribution in [2.75, 3.05) is 19.8 Å². The molecule has 88 valence electrons. The van der Waals surface area contributed by atoms with Crippen molar-refractivity contribution in [3.05, 3.63) is 34.3 Å². The third kappa shape index (κ3) is 2.84. The number of hydrogen-bond donors (Lipinski definition) is 1. The lowest BCUT2D eigenvalue weighted by Crippen LogP contribution is -2.35. The fraction of sp³-hybridized carbons (Fsp3) is 0.538. The molecule has 2 nitrogen and oxygen atoms in total. The van der Waals surface area contributed by atoms with Crippen LogP contribution < -0.4 is 0 Å². The molecule has 2 rings (SSSR count). The topological polar surface area (TPSA) is 29.5 Å². The van der Waals surface area contributed by atoms with Gasteiger partial charge in [0, 0.05) is 29.7 Å². The molecular weight excluding hydrogens is 268 g/mol. The fourth-order valence-corrected chi connectivity index (χ4v) is 2.72. The van der Waals surface area contributed by atoms with E-state index in [1.165, 1.54) is 5.56 Å². The lowest BCUT2D eigenvalue weighted by Gasteiger charge is -2.35. The standard InChI is InChI=1S/C13H17BrO2/c14-12-3-1-2-11(8-12)9-13(10-15)4-6-16-7-5-13/h1-3,8,15H,4-7,9-10H2. The molecule has 1 N–H and O–H groups in total. The number of aliphatic hydroxyl groups is 1. The molecule has 1 aromatic carbocycles. The molecule has 1 saturated heterocycles. The van der Waals surface area contributed by atoms with Gasteiger partial charge in [-0.3, -0.25) is 0 Å². The highest BCUT2D eigenvalue weighted by molar-refractivity contribution is 9.10. The van der Waals surface area contributed by atoms with Crippen LogP contribution in [0, 0.1) is 5.41 Å². The van der Waals surface area contributed by atoms with E-state index in [2.05, 4.69) is 28.1 Å². The van der Waals surface area contributed by atoms with E-state index in [9.17, 15) is 5.11 Å². The van der Waals surface area contributed by atoms with Crippen LogP contribution in [0.2, 0.25) is 0 Å². The lowest BCUT2D eigenvalue weighted by molar-refractivity contribution is -0.0157. The molecule has 3 heteroatoms. The minimum atomic E-state index is 0.0268. The Balaban J connectivity index is 2.11. The SMILES string of the molecule is OCC1(Cc2cccc(Br)c2)CCOCC1. The Morgan fingerprint density at radius 1 is 1.31 bits per heavy atom. The van der Waals surface area contributed by atoms with Crippen LogP contribution in [0.15, 0.2) is 28.7 Å². The summed E-state index contributed by atoms with van der Waals surface area (Å²) in [6, 6.07) is 8.33. The first-order valence-corrected chi connectivity index (χ1v) is 6.46. The maximum atomic E-state index is 9.60. The van der Waals surface area contributed by atoms with Gasteiger partial charge in [-0.25, -0.2) is 0 Å². The zero-order chi connectivity index (χ0) is 11.4. The summed E-state index contributed by atoms with van der Waals surface area (Å²) >= 11 is 3.48. The van der Waals surface area contributed by atoms with Crippen LogP contribution in [0.1, 0.15) is 18.4 Å². The Morgan fingerprint density at radius 2 is 2.06 bits per heavy atom. The summed E-state index contributed by atoms with van der Waals surface area (Å²) < 4.78 is 6.47. The Kier molecular flexibility index (Phi) is 4.00.